The van der Waals surface area contributed by atoms with Crippen molar-refractivity contribution in [3.8, 4) is 0 Å². The minimum atomic E-state index is 0.809. The maximum Gasteiger partial charge on any atom is 0.193 e. The van der Waals surface area contributed by atoms with Crippen molar-refractivity contribution < 1.29 is 0 Å². The molecule has 1 aliphatic heterocycles. The third-order valence-corrected chi connectivity index (χ3v) is 3.06. The molecule has 0 aromatic carbocycles. The van der Waals surface area contributed by atoms with E-state index in [0.29, 0.717) is 0 Å². The van der Waals surface area contributed by atoms with E-state index >= 15 is 0 Å². The van der Waals surface area contributed by atoms with Crippen LogP contribution in [0.2, 0.25) is 0 Å². The lowest BCUT2D eigenvalue weighted by molar-refractivity contribution is 0.266. The van der Waals surface area contributed by atoms with Gasteiger partial charge in [-0.15, -0.1) is 0 Å². The van der Waals surface area contributed by atoms with Crippen molar-refractivity contribution >= 4 is 5.96 Å². The zero-order valence-corrected chi connectivity index (χ0v) is 11.1. The summed E-state index contributed by atoms with van der Waals surface area (Å²) in [6, 6.07) is 0. The van der Waals surface area contributed by atoms with Crippen LogP contribution < -0.4 is 5.32 Å². The molecule has 3 nitrogen and oxygen atoms in total. The predicted molar refractivity (Wildman–Crippen MR) is 70.9 cm³/mol. The van der Waals surface area contributed by atoms with Crippen LogP contribution in [-0.4, -0.2) is 37.0 Å². The third-order valence-electron chi connectivity index (χ3n) is 3.06. The number of hydrogen-bond donors (Lipinski definition) is 1. The number of piperidine rings is 1. The third kappa shape index (κ3) is 4.42. The molecule has 1 aliphatic rings. The average molecular weight is 225 g/mol. The van der Waals surface area contributed by atoms with Gasteiger partial charge in [-0.1, -0.05) is 20.3 Å². The summed E-state index contributed by atoms with van der Waals surface area (Å²) in [5, 5.41) is 3.41. The number of likely N-dealkylation sites (tertiary alicyclic amines) is 1. The standard InChI is InChI=1S/C13H27N3/c1-4-6-9-15-13(14-5-2)16-10-7-8-12(3)11-16/h12H,4-11H2,1-3H3,(H,14,15). The molecule has 0 amide bonds. The number of guanidine groups is 1. The van der Waals surface area contributed by atoms with Gasteiger partial charge in [0, 0.05) is 26.2 Å². The Morgan fingerprint density at radius 3 is 2.88 bits per heavy atom. The van der Waals surface area contributed by atoms with E-state index in [1.165, 1.54) is 32.2 Å². The van der Waals surface area contributed by atoms with E-state index in [9.17, 15) is 0 Å². The monoisotopic (exact) mass is 225 g/mol. The van der Waals surface area contributed by atoms with Crippen LogP contribution in [0.25, 0.3) is 0 Å². The molecule has 1 unspecified atom stereocenters. The van der Waals surface area contributed by atoms with E-state index in [0.717, 1.165) is 31.5 Å². The predicted octanol–water partition coefficient (Wildman–Crippen LogP) is 2.48. The normalized spacial score (nSPS) is 22.3. The number of unbranched alkanes of at least 4 members (excludes halogenated alkanes) is 1. The highest BCUT2D eigenvalue weighted by molar-refractivity contribution is 5.80. The summed E-state index contributed by atoms with van der Waals surface area (Å²) in [7, 11) is 0. The molecule has 0 radical (unpaired) electrons. The Kier molecular flexibility index (Phi) is 6.27. The van der Waals surface area contributed by atoms with Gasteiger partial charge in [0.15, 0.2) is 5.96 Å². The molecule has 0 saturated carbocycles. The fraction of sp³-hybridized carbons (Fsp3) is 0.923. The van der Waals surface area contributed by atoms with E-state index in [1.54, 1.807) is 0 Å². The Hall–Kier alpha value is -0.730. The first kappa shape index (κ1) is 13.3. The molecule has 16 heavy (non-hydrogen) atoms. The topological polar surface area (TPSA) is 27.6 Å². The second-order valence-electron chi connectivity index (χ2n) is 4.78. The Morgan fingerprint density at radius 1 is 1.44 bits per heavy atom. The van der Waals surface area contributed by atoms with Crippen LogP contribution in [0.4, 0.5) is 0 Å². The lowest BCUT2D eigenvalue weighted by atomic mass is 10.0. The molecular formula is C13H27N3. The van der Waals surface area contributed by atoms with Gasteiger partial charge in [-0.2, -0.15) is 0 Å². The highest BCUT2D eigenvalue weighted by Gasteiger charge is 2.18. The molecule has 94 valence electrons. The second kappa shape index (κ2) is 7.53. The average Bonchev–Trinajstić information content (AvgIpc) is 2.28. The zero-order chi connectivity index (χ0) is 11.8. The van der Waals surface area contributed by atoms with Gasteiger partial charge in [-0.25, -0.2) is 0 Å². The molecule has 1 atom stereocenters. The van der Waals surface area contributed by atoms with Crippen LogP contribution in [0.1, 0.15) is 46.5 Å². The molecule has 0 spiro atoms. The Labute approximate surface area is 100 Å². The van der Waals surface area contributed by atoms with Crippen LogP contribution >= 0.6 is 0 Å². The molecule has 0 aromatic rings. The highest BCUT2D eigenvalue weighted by Crippen LogP contribution is 2.15. The fourth-order valence-electron chi connectivity index (χ4n) is 2.15. The van der Waals surface area contributed by atoms with Gasteiger partial charge in [0.2, 0.25) is 0 Å². The van der Waals surface area contributed by atoms with E-state index in [-0.39, 0.29) is 0 Å². The molecule has 1 N–H and O–H groups in total. The molecule has 1 heterocycles. The summed E-state index contributed by atoms with van der Waals surface area (Å²) in [4.78, 5) is 7.12. The Balaban J connectivity index is 2.50. The number of hydrogen-bond acceptors (Lipinski definition) is 1. The lowest BCUT2D eigenvalue weighted by Crippen LogP contribution is -2.46. The first-order valence-electron chi connectivity index (χ1n) is 6.81. The molecule has 0 aliphatic carbocycles. The first-order chi connectivity index (χ1) is 7.77. The summed E-state index contributed by atoms with van der Waals surface area (Å²) in [6.45, 7) is 11.0. The van der Waals surface area contributed by atoms with Crippen molar-refractivity contribution in [2.75, 3.05) is 26.2 Å². The number of aliphatic imine (C=N–C) groups is 1. The van der Waals surface area contributed by atoms with Gasteiger partial charge in [-0.3, -0.25) is 4.99 Å². The molecule has 1 rings (SSSR count). The van der Waals surface area contributed by atoms with Crippen LogP contribution in [0.3, 0.4) is 0 Å². The molecule has 0 bridgehead atoms. The van der Waals surface area contributed by atoms with Gasteiger partial charge in [0.05, 0.1) is 0 Å². The molecule has 1 saturated heterocycles. The van der Waals surface area contributed by atoms with E-state index < -0.39 is 0 Å². The van der Waals surface area contributed by atoms with Crippen molar-refractivity contribution in [3.05, 3.63) is 0 Å². The molecule has 1 fully saturated rings. The summed E-state index contributed by atoms with van der Waals surface area (Å²) in [5.41, 5.74) is 0. The summed E-state index contributed by atoms with van der Waals surface area (Å²) in [5.74, 6) is 1.94. The van der Waals surface area contributed by atoms with Crippen molar-refractivity contribution in [2.45, 2.75) is 46.5 Å². The van der Waals surface area contributed by atoms with Crippen molar-refractivity contribution in [1.29, 1.82) is 0 Å². The lowest BCUT2D eigenvalue weighted by Gasteiger charge is -2.33. The van der Waals surface area contributed by atoms with Crippen LogP contribution in [0.5, 0.6) is 0 Å². The summed E-state index contributed by atoms with van der Waals surface area (Å²) in [6.07, 6.45) is 5.09. The van der Waals surface area contributed by atoms with Gasteiger partial charge >= 0.3 is 0 Å². The maximum absolute atomic E-state index is 4.69. The zero-order valence-electron chi connectivity index (χ0n) is 11.1. The summed E-state index contributed by atoms with van der Waals surface area (Å²) >= 11 is 0. The molecule has 3 heteroatoms. The van der Waals surface area contributed by atoms with E-state index in [4.69, 9.17) is 4.99 Å². The second-order valence-corrected chi connectivity index (χ2v) is 4.78. The Morgan fingerprint density at radius 2 is 2.25 bits per heavy atom. The van der Waals surface area contributed by atoms with E-state index in [2.05, 4.69) is 31.0 Å². The minimum Gasteiger partial charge on any atom is -0.357 e. The largest absolute Gasteiger partial charge is 0.357 e. The summed E-state index contributed by atoms with van der Waals surface area (Å²) < 4.78 is 0. The Bertz CT molecular complexity index is 213. The quantitative estimate of drug-likeness (QED) is 0.452. The van der Waals surface area contributed by atoms with Crippen LogP contribution in [-0.2, 0) is 0 Å². The van der Waals surface area contributed by atoms with Crippen molar-refractivity contribution in [1.82, 2.24) is 10.2 Å². The maximum atomic E-state index is 4.69. The van der Waals surface area contributed by atoms with Gasteiger partial charge < -0.3 is 10.2 Å². The smallest absolute Gasteiger partial charge is 0.193 e. The van der Waals surface area contributed by atoms with Crippen molar-refractivity contribution in [3.63, 3.8) is 0 Å². The number of nitrogens with one attached hydrogen (secondary N) is 1. The van der Waals surface area contributed by atoms with Crippen LogP contribution in [0.15, 0.2) is 4.99 Å². The first-order valence-corrected chi connectivity index (χ1v) is 6.81. The molecule has 0 aromatic heterocycles. The highest BCUT2D eigenvalue weighted by atomic mass is 15.3. The van der Waals surface area contributed by atoms with Gasteiger partial charge in [0.1, 0.15) is 0 Å². The fourth-order valence-corrected chi connectivity index (χ4v) is 2.15. The number of rotatable bonds is 4. The van der Waals surface area contributed by atoms with E-state index in [1.807, 2.05) is 0 Å². The minimum absolute atomic E-state index is 0.809. The SMILES string of the molecule is CCCCN=C(NCC)N1CCCC(C)C1. The van der Waals surface area contributed by atoms with Gasteiger partial charge in [-0.05, 0) is 32.1 Å². The van der Waals surface area contributed by atoms with Crippen molar-refractivity contribution in [2.24, 2.45) is 10.9 Å². The number of nitrogens with zero attached hydrogens (tertiary/aromatic N) is 2. The van der Waals surface area contributed by atoms with Crippen LogP contribution in [0, 0.1) is 5.92 Å². The molecular weight excluding hydrogens is 198 g/mol. The van der Waals surface area contributed by atoms with Gasteiger partial charge in [0.25, 0.3) is 0 Å².